The molecule has 0 aliphatic rings. The number of amides is 1. The molecule has 0 aliphatic heterocycles. The monoisotopic (exact) mass is 313 g/mol. The van der Waals surface area contributed by atoms with E-state index in [1.807, 2.05) is 43.4 Å². The number of hydrazone groups is 1. The van der Waals surface area contributed by atoms with Crippen LogP contribution in [0.15, 0.2) is 53.6 Å². The molecule has 6 heteroatoms. The van der Waals surface area contributed by atoms with E-state index in [1.54, 1.807) is 23.4 Å². The van der Waals surface area contributed by atoms with Crippen molar-refractivity contribution in [3.63, 3.8) is 0 Å². The normalized spacial score (nSPS) is 10.5. The van der Waals surface area contributed by atoms with E-state index in [4.69, 9.17) is 15.2 Å². The van der Waals surface area contributed by atoms with Crippen LogP contribution in [0.2, 0.25) is 0 Å². The number of nitrogens with two attached hydrogens (primary N) is 1. The summed E-state index contributed by atoms with van der Waals surface area (Å²) < 4.78 is 10.5. The molecule has 0 aliphatic carbocycles. The molecule has 0 saturated carbocycles. The van der Waals surface area contributed by atoms with Crippen molar-refractivity contribution in [3.8, 4) is 11.5 Å². The highest BCUT2D eigenvalue weighted by atomic mass is 16.5. The predicted molar refractivity (Wildman–Crippen MR) is 90.1 cm³/mol. The van der Waals surface area contributed by atoms with Crippen LogP contribution in [0.3, 0.4) is 0 Å². The van der Waals surface area contributed by atoms with Crippen molar-refractivity contribution >= 4 is 17.8 Å². The summed E-state index contributed by atoms with van der Waals surface area (Å²) in [5.74, 6) is 0.430. The van der Waals surface area contributed by atoms with Crippen LogP contribution in [0.4, 0.5) is 5.69 Å². The number of para-hydroxylation sites is 1. The Morgan fingerprint density at radius 2 is 1.96 bits per heavy atom. The summed E-state index contributed by atoms with van der Waals surface area (Å²) >= 11 is 0. The second kappa shape index (κ2) is 7.84. The maximum absolute atomic E-state index is 10.8. The van der Waals surface area contributed by atoms with Gasteiger partial charge in [-0.15, -0.1) is 0 Å². The molecule has 0 unspecified atom stereocenters. The number of primary amides is 1. The van der Waals surface area contributed by atoms with E-state index in [2.05, 4.69) is 5.10 Å². The van der Waals surface area contributed by atoms with Gasteiger partial charge in [-0.2, -0.15) is 5.10 Å². The molecule has 0 fully saturated rings. The fourth-order valence-electron chi connectivity index (χ4n) is 1.90. The molecule has 0 heterocycles. The van der Waals surface area contributed by atoms with E-state index < -0.39 is 5.91 Å². The smallest absolute Gasteiger partial charge is 0.255 e. The summed E-state index contributed by atoms with van der Waals surface area (Å²) in [7, 11) is 3.40. The third-order valence-electron chi connectivity index (χ3n) is 3.07. The molecule has 0 spiro atoms. The number of hydrogen-bond acceptors (Lipinski definition) is 5. The van der Waals surface area contributed by atoms with E-state index in [0.29, 0.717) is 11.5 Å². The van der Waals surface area contributed by atoms with Crippen LogP contribution in [0.5, 0.6) is 11.5 Å². The summed E-state index contributed by atoms with van der Waals surface area (Å²) in [4.78, 5) is 10.8. The van der Waals surface area contributed by atoms with Crippen LogP contribution in [-0.2, 0) is 4.79 Å². The fourth-order valence-corrected chi connectivity index (χ4v) is 1.90. The number of ether oxygens (including phenoxy) is 2. The van der Waals surface area contributed by atoms with Gasteiger partial charge in [-0.3, -0.25) is 9.80 Å². The molecule has 0 radical (unpaired) electrons. The number of anilines is 1. The molecule has 120 valence electrons. The second-order valence-electron chi connectivity index (χ2n) is 4.77. The molecule has 2 N–H and O–H groups in total. The SMILES string of the molecule is COc1cc(/C=N\N(C)c2ccccc2)ccc1OCC(N)=O. The predicted octanol–water partition coefficient (Wildman–Crippen LogP) is 2.03. The number of benzene rings is 2. The molecule has 0 aromatic heterocycles. The van der Waals surface area contributed by atoms with E-state index >= 15 is 0 Å². The van der Waals surface area contributed by atoms with E-state index in [1.165, 1.54) is 7.11 Å². The first-order valence-electron chi connectivity index (χ1n) is 7.02. The van der Waals surface area contributed by atoms with Crippen molar-refractivity contribution in [2.45, 2.75) is 0 Å². The Morgan fingerprint density at radius 3 is 2.61 bits per heavy atom. The molecule has 2 aromatic carbocycles. The van der Waals surface area contributed by atoms with Crippen LogP contribution in [0.25, 0.3) is 0 Å². The number of carbonyl (C=O) groups is 1. The summed E-state index contributed by atoms with van der Waals surface area (Å²) in [6.07, 6.45) is 1.72. The Morgan fingerprint density at radius 1 is 1.22 bits per heavy atom. The zero-order chi connectivity index (χ0) is 16.7. The van der Waals surface area contributed by atoms with Gasteiger partial charge in [0.25, 0.3) is 5.91 Å². The van der Waals surface area contributed by atoms with Gasteiger partial charge in [0.15, 0.2) is 18.1 Å². The van der Waals surface area contributed by atoms with Crippen LogP contribution in [0.1, 0.15) is 5.56 Å². The van der Waals surface area contributed by atoms with Gasteiger partial charge in [-0.1, -0.05) is 18.2 Å². The molecule has 0 saturated heterocycles. The van der Waals surface area contributed by atoms with Crippen LogP contribution in [-0.4, -0.2) is 32.9 Å². The van der Waals surface area contributed by atoms with Gasteiger partial charge in [-0.25, -0.2) is 0 Å². The quantitative estimate of drug-likeness (QED) is 0.627. The first kappa shape index (κ1) is 16.4. The minimum atomic E-state index is -0.540. The van der Waals surface area contributed by atoms with Gasteiger partial charge >= 0.3 is 0 Å². The van der Waals surface area contributed by atoms with Gasteiger partial charge < -0.3 is 15.2 Å². The van der Waals surface area contributed by atoms with Crippen LogP contribution >= 0.6 is 0 Å². The lowest BCUT2D eigenvalue weighted by atomic mass is 10.2. The molecule has 23 heavy (non-hydrogen) atoms. The van der Waals surface area contributed by atoms with E-state index in [-0.39, 0.29) is 6.61 Å². The van der Waals surface area contributed by atoms with Crippen molar-refractivity contribution in [1.82, 2.24) is 0 Å². The number of nitrogens with zero attached hydrogens (tertiary/aromatic N) is 2. The largest absolute Gasteiger partial charge is 0.493 e. The summed E-state index contributed by atoms with van der Waals surface area (Å²) in [5, 5.41) is 6.15. The zero-order valence-electron chi connectivity index (χ0n) is 13.1. The first-order valence-corrected chi connectivity index (χ1v) is 7.02. The Bertz CT molecular complexity index is 687. The Hall–Kier alpha value is -3.02. The average molecular weight is 313 g/mol. The first-order chi connectivity index (χ1) is 11.1. The molecule has 2 rings (SSSR count). The molecule has 0 bridgehead atoms. The van der Waals surface area contributed by atoms with Crippen LogP contribution in [0, 0.1) is 0 Å². The van der Waals surface area contributed by atoms with Gasteiger partial charge in [0.1, 0.15) is 0 Å². The Kier molecular flexibility index (Phi) is 5.57. The highest BCUT2D eigenvalue weighted by Crippen LogP contribution is 2.27. The van der Waals surface area contributed by atoms with Crippen molar-refractivity contribution in [1.29, 1.82) is 0 Å². The highest BCUT2D eigenvalue weighted by Gasteiger charge is 2.06. The van der Waals surface area contributed by atoms with Crippen molar-refractivity contribution in [2.24, 2.45) is 10.8 Å². The summed E-state index contributed by atoms with van der Waals surface area (Å²) in [5.41, 5.74) is 6.89. The molecular weight excluding hydrogens is 294 g/mol. The maximum atomic E-state index is 10.8. The standard InChI is InChI=1S/C17H19N3O3/c1-20(14-6-4-3-5-7-14)19-11-13-8-9-15(16(10-13)22-2)23-12-17(18)21/h3-11H,12H2,1-2H3,(H2,18,21)/b19-11-. The topological polar surface area (TPSA) is 77.2 Å². The number of carbonyl (C=O) groups excluding carboxylic acids is 1. The minimum absolute atomic E-state index is 0.194. The molecule has 0 atom stereocenters. The van der Waals surface area contributed by atoms with Crippen molar-refractivity contribution < 1.29 is 14.3 Å². The molecule has 6 nitrogen and oxygen atoms in total. The third kappa shape index (κ3) is 4.74. The van der Waals surface area contributed by atoms with Gasteiger partial charge in [0.05, 0.1) is 19.0 Å². The zero-order valence-corrected chi connectivity index (χ0v) is 13.1. The third-order valence-corrected chi connectivity index (χ3v) is 3.07. The summed E-state index contributed by atoms with van der Waals surface area (Å²) in [6.45, 7) is -0.194. The summed E-state index contributed by atoms with van der Waals surface area (Å²) in [6, 6.07) is 15.1. The van der Waals surface area contributed by atoms with Gasteiger partial charge in [0, 0.05) is 7.05 Å². The fraction of sp³-hybridized carbons (Fsp3) is 0.176. The number of methoxy groups -OCH3 is 1. The van der Waals surface area contributed by atoms with E-state index in [0.717, 1.165) is 11.3 Å². The molecule has 1 amide bonds. The lowest BCUT2D eigenvalue weighted by Crippen LogP contribution is -2.20. The number of rotatable bonds is 7. The molecular formula is C17H19N3O3. The number of hydrogen-bond donors (Lipinski definition) is 1. The Balaban J connectivity index is 2.11. The van der Waals surface area contributed by atoms with Gasteiger partial charge in [-0.05, 0) is 35.9 Å². The lowest BCUT2D eigenvalue weighted by molar-refractivity contribution is -0.119. The highest BCUT2D eigenvalue weighted by molar-refractivity contribution is 5.82. The van der Waals surface area contributed by atoms with Crippen molar-refractivity contribution in [3.05, 3.63) is 54.1 Å². The lowest BCUT2D eigenvalue weighted by Gasteiger charge is -2.13. The van der Waals surface area contributed by atoms with E-state index in [9.17, 15) is 4.79 Å². The minimum Gasteiger partial charge on any atom is -0.493 e. The van der Waals surface area contributed by atoms with Crippen LogP contribution < -0.4 is 20.2 Å². The van der Waals surface area contributed by atoms with Crippen molar-refractivity contribution in [2.75, 3.05) is 25.8 Å². The van der Waals surface area contributed by atoms with Gasteiger partial charge in [0.2, 0.25) is 0 Å². The second-order valence-corrected chi connectivity index (χ2v) is 4.77. The molecule has 2 aromatic rings. The Labute approximate surface area is 135 Å². The maximum Gasteiger partial charge on any atom is 0.255 e. The average Bonchev–Trinajstić information content (AvgIpc) is 2.58.